The average Bonchev–Trinajstić information content (AvgIpc) is 3.41. The minimum absolute atomic E-state index is 0.0826. The number of amides is 1. The molecule has 3 aromatic rings. The molecule has 0 spiro atoms. The van der Waals surface area contributed by atoms with E-state index in [9.17, 15) is 4.79 Å². The maximum atomic E-state index is 12.9. The van der Waals surface area contributed by atoms with Crippen LogP contribution in [0.1, 0.15) is 34.2 Å². The van der Waals surface area contributed by atoms with E-state index in [1.807, 2.05) is 40.6 Å². The second kappa shape index (κ2) is 6.72. The first kappa shape index (κ1) is 15.9. The smallest absolute Gasteiger partial charge is 0.276 e. The molecule has 1 aliphatic rings. The van der Waals surface area contributed by atoms with Crippen molar-refractivity contribution in [2.75, 3.05) is 13.7 Å². The average molecular weight is 354 g/mol. The van der Waals surface area contributed by atoms with Gasteiger partial charge in [0.1, 0.15) is 5.75 Å². The topological polar surface area (TPSA) is 55.6 Å². The Morgan fingerprint density at radius 1 is 1.32 bits per heavy atom. The highest BCUT2D eigenvalue weighted by atomic mass is 32.1. The number of para-hydroxylation sites is 1. The van der Waals surface area contributed by atoms with Crippen LogP contribution in [0.25, 0.3) is 11.3 Å². The Balaban J connectivity index is 1.60. The molecule has 0 bridgehead atoms. The molecule has 1 atom stereocenters. The molecule has 0 unspecified atom stereocenters. The van der Waals surface area contributed by atoms with Gasteiger partial charge in [0.2, 0.25) is 0 Å². The van der Waals surface area contributed by atoms with Gasteiger partial charge in [0.25, 0.3) is 5.91 Å². The summed E-state index contributed by atoms with van der Waals surface area (Å²) in [6.45, 7) is 0.748. The summed E-state index contributed by atoms with van der Waals surface area (Å²) in [5.41, 5.74) is 1.12. The van der Waals surface area contributed by atoms with Gasteiger partial charge < -0.3 is 14.2 Å². The number of carbonyl (C=O) groups is 1. The highest BCUT2D eigenvalue weighted by Gasteiger charge is 2.32. The van der Waals surface area contributed by atoms with E-state index in [2.05, 4.69) is 11.2 Å². The number of aromatic nitrogens is 1. The SMILES string of the molecule is COc1ccccc1-c1cc(C(=O)N2CCC[C@H]2c2cccs2)no1. The van der Waals surface area contributed by atoms with E-state index in [0.717, 1.165) is 24.9 Å². The van der Waals surface area contributed by atoms with Crippen LogP contribution in [0.4, 0.5) is 0 Å². The molecule has 1 aromatic carbocycles. The summed E-state index contributed by atoms with van der Waals surface area (Å²) >= 11 is 1.69. The van der Waals surface area contributed by atoms with Crippen LogP contribution in [0.2, 0.25) is 0 Å². The second-order valence-electron chi connectivity index (χ2n) is 5.95. The van der Waals surface area contributed by atoms with Crippen LogP contribution in [-0.2, 0) is 0 Å². The molecule has 5 nitrogen and oxygen atoms in total. The van der Waals surface area contributed by atoms with Gasteiger partial charge in [-0.2, -0.15) is 0 Å². The van der Waals surface area contributed by atoms with Crippen molar-refractivity contribution in [3.05, 3.63) is 58.4 Å². The van der Waals surface area contributed by atoms with Crippen LogP contribution < -0.4 is 4.74 Å². The molecule has 4 rings (SSSR count). The van der Waals surface area contributed by atoms with Gasteiger partial charge in [-0.15, -0.1) is 11.3 Å². The molecule has 2 aromatic heterocycles. The number of thiophene rings is 1. The lowest BCUT2D eigenvalue weighted by molar-refractivity contribution is 0.0727. The van der Waals surface area contributed by atoms with E-state index >= 15 is 0 Å². The predicted molar refractivity (Wildman–Crippen MR) is 95.8 cm³/mol. The van der Waals surface area contributed by atoms with Gasteiger partial charge in [0.05, 0.1) is 18.7 Å². The predicted octanol–water partition coefficient (Wildman–Crippen LogP) is 4.39. The quantitative estimate of drug-likeness (QED) is 0.697. The first-order valence-electron chi connectivity index (χ1n) is 8.22. The Morgan fingerprint density at radius 2 is 2.20 bits per heavy atom. The number of benzene rings is 1. The molecule has 25 heavy (non-hydrogen) atoms. The van der Waals surface area contributed by atoms with Crippen molar-refractivity contribution in [3.63, 3.8) is 0 Å². The van der Waals surface area contributed by atoms with Crippen LogP contribution in [0.3, 0.4) is 0 Å². The lowest BCUT2D eigenvalue weighted by Gasteiger charge is -2.22. The summed E-state index contributed by atoms with van der Waals surface area (Å²) in [5, 5.41) is 6.06. The van der Waals surface area contributed by atoms with E-state index in [-0.39, 0.29) is 11.9 Å². The molecule has 0 N–H and O–H groups in total. The molecule has 128 valence electrons. The largest absolute Gasteiger partial charge is 0.496 e. The van der Waals surface area contributed by atoms with Gasteiger partial charge in [-0.05, 0) is 36.4 Å². The molecule has 3 heterocycles. The van der Waals surface area contributed by atoms with Gasteiger partial charge in [0, 0.05) is 17.5 Å². The molecule has 1 aliphatic heterocycles. The fourth-order valence-corrected chi connectivity index (χ4v) is 4.16. The first-order valence-corrected chi connectivity index (χ1v) is 9.10. The van der Waals surface area contributed by atoms with Crippen molar-refractivity contribution in [2.45, 2.75) is 18.9 Å². The fraction of sp³-hybridized carbons (Fsp3) is 0.263. The number of hydrogen-bond acceptors (Lipinski definition) is 5. The van der Waals surface area contributed by atoms with Crippen molar-refractivity contribution < 1.29 is 14.1 Å². The van der Waals surface area contributed by atoms with Crippen molar-refractivity contribution >= 4 is 17.2 Å². The molecule has 6 heteroatoms. The summed E-state index contributed by atoms with van der Waals surface area (Å²) in [6, 6.07) is 13.5. The van der Waals surface area contributed by atoms with E-state index in [1.54, 1.807) is 24.5 Å². The monoisotopic (exact) mass is 354 g/mol. The van der Waals surface area contributed by atoms with Crippen LogP contribution in [0.15, 0.2) is 52.4 Å². The summed E-state index contributed by atoms with van der Waals surface area (Å²) in [6.07, 6.45) is 2.00. The summed E-state index contributed by atoms with van der Waals surface area (Å²) in [4.78, 5) is 16.0. The number of likely N-dealkylation sites (tertiary alicyclic amines) is 1. The third kappa shape index (κ3) is 2.93. The normalized spacial score (nSPS) is 17.0. The van der Waals surface area contributed by atoms with Gasteiger partial charge >= 0.3 is 0 Å². The summed E-state index contributed by atoms with van der Waals surface area (Å²) < 4.78 is 10.8. The zero-order chi connectivity index (χ0) is 17.2. The number of ether oxygens (including phenoxy) is 1. The standard InChI is InChI=1S/C19H18N2O3S/c1-23-16-8-3-2-6-13(16)17-12-14(20-24-17)19(22)21-10-4-7-15(21)18-9-5-11-25-18/h2-3,5-6,8-9,11-12,15H,4,7,10H2,1H3/t15-/m0/s1. The maximum absolute atomic E-state index is 12.9. The molecular formula is C19H18N2O3S. The number of rotatable bonds is 4. The Morgan fingerprint density at radius 3 is 3.00 bits per heavy atom. The fourth-order valence-electron chi connectivity index (χ4n) is 3.28. The minimum atomic E-state index is -0.0826. The van der Waals surface area contributed by atoms with E-state index in [4.69, 9.17) is 9.26 Å². The molecule has 1 saturated heterocycles. The number of methoxy groups -OCH3 is 1. The van der Waals surface area contributed by atoms with Gasteiger partial charge in [-0.25, -0.2) is 0 Å². The highest BCUT2D eigenvalue weighted by molar-refractivity contribution is 7.10. The molecule has 0 saturated carbocycles. The van der Waals surface area contributed by atoms with Crippen molar-refractivity contribution in [1.82, 2.24) is 10.1 Å². The summed E-state index contributed by atoms with van der Waals surface area (Å²) in [5.74, 6) is 1.14. The van der Waals surface area contributed by atoms with Crippen molar-refractivity contribution in [3.8, 4) is 17.1 Å². The molecule has 1 amide bonds. The molecule has 0 radical (unpaired) electrons. The zero-order valence-electron chi connectivity index (χ0n) is 13.8. The highest BCUT2D eigenvalue weighted by Crippen LogP contribution is 2.36. The Hall–Kier alpha value is -2.60. The van der Waals surface area contributed by atoms with Crippen molar-refractivity contribution in [2.24, 2.45) is 0 Å². The van der Waals surface area contributed by atoms with Crippen LogP contribution in [0, 0.1) is 0 Å². The molecular weight excluding hydrogens is 336 g/mol. The number of hydrogen-bond donors (Lipinski definition) is 0. The van der Waals surface area contributed by atoms with Crippen LogP contribution in [0.5, 0.6) is 5.75 Å². The van der Waals surface area contributed by atoms with Crippen LogP contribution in [-0.4, -0.2) is 29.6 Å². The Bertz CT molecular complexity index is 872. The Labute approximate surface area is 149 Å². The van der Waals surface area contributed by atoms with E-state index in [1.165, 1.54) is 4.88 Å². The minimum Gasteiger partial charge on any atom is -0.496 e. The maximum Gasteiger partial charge on any atom is 0.276 e. The lowest BCUT2D eigenvalue weighted by atomic mass is 10.1. The lowest BCUT2D eigenvalue weighted by Crippen LogP contribution is -2.30. The zero-order valence-corrected chi connectivity index (χ0v) is 14.7. The third-order valence-corrected chi connectivity index (χ3v) is 5.46. The first-order chi connectivity index (χ1) is 12.3. The third-order valence-electron chi connectivity index (χ3n) is 4.49. The molecule has 0 aliphatic carbocycles. The van der Waals surface area contributed by atoms with Crippen LogP contribution >= 0.6 is 11.3 Å². The number of carbonyl (C=O) groups excluding carboxylic acids is 1. The van der Waals surface area contributed by atoms with Gasteiger partial charge in [-0.1, -0.05) is 23.4 Å². The summed E-state index contributed by atoms with van der Waals surface area (Å²) in [7, 11) is 1.61. The second-order valence-corrected chi connectivity index (χ2v) is 6.93. The van der Waals surface area contributed by atoms with Gasteiger partial charge in [-0.3, -0.25) is 4.79 Å². The van der Waals surface area contributed by atoms with Crippen molar-refractivity contribution in [1.29, 1.82) is 0 Å². The van der Waals surface area contributed by atoms with E-state index < -0.39 is 0 Å². The van der Waals surface area contributed by atoms with Gasteiger partial charge in [0.15, 0.2) is 11.5 Å². The number of nitrogens with zero attached hydrogens (tertiary/aromatic N) is 2. The molecule has 1 fully saturated rings. The van der Waals surface area contributed by atoms with E-state index in [0.29, 0.717) is 17.2 Å². The Kier molecular flexibility index (Phi) is 4.28.